The van der Waals surface area contributed by atoms with Crippen molar-refractivity contribution in [3.8, 4) is 0 Å². The molecule has 8 heteroatoms. The molecule has 3 rings (SSSR count). The van der Waals surface area contributed by atoms with Gasteiger partial charge in [0.2, 0.25) is 0 Å². The van der Waals surface area contributed by atoms with Crippen LogP contribution in [0.3, 0.4) is 0 Å². The molecule has 138 valence electrons. The number of benzene rings is 3. The molecule has 3 aromatic rings. The lowest BCUT2D eigenvalue weighted by molar-refractivity contribution is -0.137. The molecule has 27 heavy (non-hydrogen) atoms. The van der Waals surface area contributed by atoms with Crippen LogP contribution in [0.4, 0.5) is 18.9 Å². The normalized spacial score (nSPS) is 11.3. The van der Waals surface area contributed by atoms with E-state index in [0.717, 1.165) is 16.8 Å². The molecule has 0 saturated carbocycles. The summed E-state index contributed by atoms with van der Waals surface area (Å²) in [6.07, 6.45) is -4.54. The van der Waals surface area contributed by atoms with Crippen LogP contribution in [0.5, 0.6) is 0 Å². The predicted octanol–water partition coefficient (Wildman–Crippen LogP) is 5.59. The molecule has 2 N–H and O–H groups in total. The van der Waals surface area contributed by atoms with Crippen LogP contribution in [-0.2, 0) is 6.18 Å². The van der Waals surface area contributed by atoms with Gasteiger partial charge in [0.1, 0.15) is 0 Å². The molecule has 0 unspecified atom stereocenters. The Labute approximate surface area is 172 Å². The second-order valence-corrected chi connectivity index (χ2v) is 7.31. The van der Waals surface area contributed by atoms with E-state index in [4.69, 9.17) is 12.2 Å². The number of anilines is 1. The number of carbonyl (C=O) groups excluding carboxylic acids is 1. The van der Waals surface area contributed by atoms with E-state index in [9.17, 15) is 18.0 Å². The minimum Gasteiger partial charge on any atom is -0.332 e. The summed E-state index contributed by atoms with van der Waals surface area (Å²) >= 11 is 6.81. The van der Waals surface area contributed by atoms with Crippen molar-refractivity contribution in [2.24, 2.45) is 0 Å². The standard InChI is InChI=1S/C19H12F3IN2OS/c20-19(21,22)15-10-14(23)7-8-16(15)24-18(27)25-17(26)13-6-5-11-3-1-2-4-12(11)9-13/h1-10H,(H2,24,25,26,27). The summed E-state index contributed by atoms with van der Waals surface area (Å²) in [6.45, 7) is 0. The Morgan fingerprint density at radius 1 is 0.963 bits per heavy atom. The monoisotopic (exact) mass is 500 g/mol. The molecule has 0 fully saturated rings. The average molecular weight is 500 g/mol. The molecule has 0 spiro atoms. The van der Waals surface area contributed by atoms with Crippen molar-refractivity contribution in [3.63, 3.8) is 0 Å². The second-order valence-electron chi connectivity index (χ2n) is 5.66. The van der Waals surface area contributed by atoms with E-state index in [1.165, 1.54) is 12.1 Å². The molecule has 3 aromatic carbocycles. The van der Waals surface area contributed by atoms with Crippen LogP contribution >= 0.6 is 34.8 Å². The van der Waals surface area contributed by atoms with Crippen LogP contribution in [0, 0.1) is 3.57 Å². The Morgan fingerprint density at radius 3 is 2.37 bits per heavy atom. The number of thiocarbonyl (C=S) groups is 1. The van der Waals surface area contributed by atoms with Gasteiger partial charge in [0.15, 0.2) is 5.11 Å². The van der Waals surface area contributed by atoms with Gasteiger partial charge in [-0.15, -0.1) is 0 Å². The van der Waals surface area contributed by atoms with Crippen molar-refractivity contribution in [2.75, 3.05) is 5.32 Å². The van der Waals surface area contributed by atoms with Crippen LogP contribution in [0.15, 0.2) is 60.7 Å². The third-order valence-electron chi connectivity index (χ3n) is 3.77. The number of amides is 1. The predicted molar refractivity (Wildman–Crippen MR) is 112 cm³/mol. The zero-order valence-corrected chi connectivity index (χ0v) is 16.6. The lowest BCUT2D eigenvalue weighted by Crippen LogP contribution is -2.34. The highest BCUT2D eigenvalue weighted by molar-refractivity contribution is 14.1. The fourth-order valence-electron chi connectivity index (χ4n) is 2.52. The molecular formula is C19H12F3IN2OS. The number of halogens is 4. The van der Waals surface area contributed by atoms with Crippen LogP contribution in [0.2, 0.25) is 0 Å². The Morgan fingerprint density at radius 2 is 1.67 bits per heavy atom. The van der Waals surface area contributed by atoms with Gasteiger partial charge < -0.3 is 5.32 Å². The quantitative estimate of drug-likeness (QED) is 0.356. The summed E-state index contributed by atoms with van der Waals surface area (Å²) in [5.41, 5.74) is -0.708. The fraction of sp³-hybridized carbons (Fsp3) is 0.0526. The number of alkyl halides is 3. The highest BCUT2D eigenvalue weighted by Gasteiger charge is 2.34. The van der Waals surface area contributed by atoms with Gasteiger partial charge in [0.05, 0.1) is 11.3 Å². The molecule has 0 heterocycles. The van der Waals surface area contributed by atoms with Crippen molar-refractivity contribution in [3.05, 3.63) is 75.4 Å². The van der Waals surface area contributed by atoms with Gasteiger partial charge in [0, 0.05) is 9.13 Å². The third kappa shape index (κ3) is 4.75. The maximum absolute atomic E-state index is 13.2. The number of hydrogen-bond donors (Lipinski definition) is 2. The van der Waals surface area contributed by atoms with Crippen molar-refractivity contribution in [1.29, 1.82) is 0 Å². The Kier molecular flexibility index (Phi) is 5.66. The largest absolute Gasteiger partial charge is 0.418 e. The lowest BCUT2D eigenvalue weighted by Gasteiger charge is -2.16. The highest BCUT2D eigenvalue weighted by Crippen LogP contribution is 2.35. The van der Waals surface area contributed by atoms with Crippen molar-refractivity contribution in [2.45, 2.75) is 6.18 Å². The topological polar surface area (TPSA) is 41.1 Å². The first-order valence-electron chi connectivity index (χ1n) is 7.72. The highest BCUT2D eigenvalue weighted by atomic mass is 127. The maximum Gasteiger partial charge on any atom is 0.418 e. The smallest absolute Gasteiger partial charge is 0.332 e. The second kappa shape index (κ2) is 7.81. The fourth-order valence-corrected chi connectivity index (χ4v) is 3.21. The number of hydrogen-bond acceptors (Lipinski definition) is 2. The van der Waals surface area contributed by atoms with Gasteiger partial charge in [0.25, 0.3) is 5.91 Å². The van der Waals surface area contributed by atoms with Crippen LogP contribution < -0.4 is 10.6 Å². The maximum atomic E-state index is 13.2. The minimum atomic E-state index is -4.54. The Hall–Kier alpha value is -2.20. The van der Waals surface area contributed by atoms with E-state index < -0.39 is 17.6 Å². The summed E-state index contributed by atoms with van der Waals surface area (Å²) in [6, 6.07) is 16.4. The minimum absolute atomic E-state index is 0.208. The molecule has 0 aromatic heterocycles. The van der Waals surface area contributed by atoms with Gasteiger partial charge in [-0.2, -0.15) is 13.2 Å². The number of nitrogens with one attached hydrogen (secondary N) is 2. The summed E-state index contributed by atoms with van der Waals surface area (Å²) in [4.78, 5) is 12.4. The zero-order chi connectivity index (χ0) is 19.6. The number of carbonyl (C=O) groups is 1. The van der Waals surface area contributed by atoms with E-state index in [0.29, 0.717) is 9.13 Å². The number of fused-ring (bicyclic) bond motifs is 1. The van der Waals surface area contributed by atoms with E-state index in [1.54, 1.807) is 40.8 Å². The molecule has 0 aliphatic heterocycles. The molecule has 0 saturated heterocycles. The Balaban J connectivity index is 1.76. The van der Waals surface area contributed by atoms with Gasteiger partial charge in [-0.3, -0.25) is 10.1 Å². The Bertz CT molecular complexity index is 1040. The van der Waals surface area contributed by atoms with E-state index in [-0.39, 0.29) is 10.8 Å². The van der Waals surface area contributed by atoms with Gasteiger partial charge in [-0.25, -0.2) is 0 Å². The average Bonchev–Trinajstić information content (AvgIpc) is 2.61. The van der Waals surface area contributed by atoms with E-state index >= 15 is 0 Å². The van der Waals surface area contributed by atoms with Crippen LogP contribution in [0.1, 0.15) is 15.9 Å². The van der Waals surface area contributed by atoms with Crippen molar-refractivity contribution >= 4 is 62.3 Å². The SMILES string of the molecule is O=C(NC(=S)Nc1ccc(I)cc1C(F)(F)F)c1ccc2ccccc2c1. The molecular weight excluding hydrogens is 488 g/mol. The van der Waals surface area contributed by atoms with Gasteiger partial charge in [-0.05, 0) is 75.9 Å². The van der Waals surface area contributed by atoms with Crippen LogP contribution in [-0.4, -0.2) is 11.0 Å². The lowest BCUT2D eigenvalue weighted by atomic mass is 10.1. The van der Waals surface area contributed by atoms with Crippen LogP contribution in [0.25, 0.3) is 10.8 Å². The van der Waals surface area contributed by atoms with Crippen molar-refractivity contribution < 1.29 is 18.0 Å². The molecule has 0 bridgehead atoms. The summed E-state index contributed by atoms with van der Waals surface area (Å²) in [5.74, 6) is -0.502. The first-order chi connectivity index (χ1) is 12.7. The molecule has 0 aliphatic rings. The first-order valence-corrected chi connectivity index (χ1v) is 9.20. The summed E-state index contributed by atoms with van der Waals surface area (Å²) < 4.78 is 40.0. The first kappa shape index (κ1) is 19.6. The van der Waals surface area contributed by atoms with Gasteiger partial charge in [-0.1, -0.05) is 30.3 Å². The molecule has 3 nitrogen and oxygen atoms in total. The van der Waals surface area contributed by atoms with E-state index in [2.05, 4.69) is 10.6 Å². The molecule has 0 radical (unpaired) electrons. The molecule has 1 amide bonds. The number of rotatable bonds is 2. The molecule has 0 atom stereocenters. The summed E-state index contributed by atoms with van der Waals surface area (Å²) in [5, 5.41) is 6.52. The van der Waals surface area contributed by atoms with E-state index in [1.807, 2.05) is 24.3 Å². The molecule has 0 aliphatic carbocycles. The summed E-state index contributed by atoms with van der Waals surface area (Å²) in [7, 11) is 0. The zero-order valence-electron chi connectivity index (χ0n) is 13.6. The third-order valence-corrected chi connectivity index (χ3v) is 4.65. The van der Waals surface area contributed by atoms with Crippen molar-refractivity contribution in [1.82, 2.24) is 5.32 Å². The van der Waals surface area contributed by atoms with Gasteiger partial charge >= 0.3 is 6.18 Å².